The third-order valence-electron chi connectivity index (χ3n) is 7.02. The van der Waals surface area contributed by atoms with Crippen LogP contribution in [-0.2, 0) is 18.7 Å². The first kappa shape index (κ1) is 23.7. The standard InChI is InChI=1S/C21H38O6Si/c1-18(2,3)28(7,8)27-16-9-10-17(22)19(4)12-20(5,23)21(24,11-15(16)19)13-26-14-25-6/h11,16,23-24H,9-10,12-14H2,1-8H3/t16-,19+,20?,21?/m1/s1. The van der Waals surface area contributed by atoms with Crippen LogP contribution in [0.4, 0.5) is 0 Å². The van der Waals surface area contributed by atoms with Crippen LogP contribution in [0.3, 0.4) is 0 Å². The molecule has 0 spiro atoms. The number of aliphatic hydroxyl groups is 2. The number of Topliss-reactive ketones (excluding diaryl/α,β-unsaturated/α-hetero) is 1. The molecule has 2 aliphatic carbocycles. The number of hydrogen-bond donors (Lipinski definition) is 2. The van der Waals surface area contributed by atoms with Crippen LogP contribution in [-0.4, -0.2) is 62.1 Å². The largest absolute Gasteiger partial charge is 0.410 e. The summed E-state index contributed by atoms with van der Waals surface area (Å²) >= 11 is 0. The highest BCUT2D eigenvalue weighted by molar-refractivity contribution is 6.74. The molecule has 2 N–H and O–H groups in total. The molecule has 0 bridgehead atoms. The van der Waals surface area contributed by atoms with Crippen molar-refractivity contribution in [3.05, 3.63) is 11.6 Å². The Morgan fingerprint density at radius 2 is 1.86 bits per heavy atom. The Hall–Kier alpha value is -0.573. The molecule has 0 aromatic heterocycles. The van der Waals surface area contributed by atoms with E-state index in [9.17, 15) is 15.0 Å². The summed E-state index contributed by atoms with van der Waals surface area (Å²) in [7, 11) is -0.583. The predicted octanol–water partition coefficient (Wildman–Crippen LogP) is 3.18. The van der Waals surface area contributed by atoms with Crippen LogP contribution >= 0.6 is 0 Å². The van der Waals surface area contributed by atoms with Gasteiger partial charge in [0.2, 0.25) is 0 Å². The van der Waals surface area contributed by atoms with E-state index in [1.165, 1.54) is 7.11 Å². The van der Waals surface area contributed by atoms with Gasteiger partial charge < -0.3 is 24.1 Å². The van der Waals surface area contributed by atoms with Crippen LogP contribution in [0.15, 0.2) is 11.6 Å². The van der Waals surface area contributed by atoms with E-state index in [0.717, 1.165) is 5.57 Å². The van der Waals surface area contributed by atoms with E-state index in [4.69, 9.17) is 13.9 Å². The highest BCUT2D eigenvalue weighted by Gasteiger charge is 2.59. The summed E-state index contributed by atoms with van der Waals surface area (Å²) in [6.07, 6.45) is 2.55. The van der Waals surface area contributed by atoms with E-state index in [-0.39, 0.29) is 36.7 Å². The Morgan fingerprint density at radius 1 is 1.25 bits per heavy atom. The van der Waals surface area contributed by atoms with E-state index in [1.807, 2.05) is 6.92 Å². The lowest BCUT2D eigenvalue weighted by molar-refractivity contribution is -0.185. The molecule has 2 unspecified atom stereocenters. The van der Waals surface area contributed by atoms with E-state index in [0.29, 0.717) is 12.8 Å². The van der Waals surface area contributed by atoms with Crippen molar-refractivity contribution >= 4 is 14.1 Å². The summed E-state index contributed by atoms with van der Waals surface area (Å²) in [5.74, 6) is 0.0916. The first-order chi connectivity index (χ1) is 12.6. The molecular formula is C21H38O6Si. The lowest BCUT2D eigenvalue weighted by Gasteiger charge is -2.54. The lowest BCUT2D eigenvalue weighted by atomic mass is 9.57. The van der Waals surface area contributed by atoms with Crippen molar-refractivity contribution in [2.75, 3.05) is 20.5 Å². The first-order valence-electron chi connectivity index (χ1n) is 10.1. The molecule has 0 heterocycles. The summed E-state index contributed by atoms with van der Waals surface area (Å²) in [4.78, 5) is 12.9. The van der Waals surface area contributed by atoms with Crippen LogP contribution in [0.25, 0.3) is 0 Å². The maximum Gasteiger partial charge on any atom is 0.192 e. The smallest absolute Gasteiger partial charge is 0.192 e. The monoisotopic (exact) mass is 414 g/mol. The highest BCUT2D eigenvalue weighted by atomic mass is 28.4. The van der Waals surface area contributed by atoms with Crippen molar-refractivity contribution in [2.24, 2.45) is 5.41 Å². The van der Waals surface area contributed by atoms with Gasteiger partial charge >= 0.3 is 0 Å². The van der Waals surface area contributed by atoms with Gasteiger partial charge in [-0.3, -0.25) is 4.79 Å². The van der Waals surface area contributed by atoms with Gasteiger partial charge in [-0.1, -0.05) is 20.8 Å². The fourth-order valence-corrected chi connectivity index (χ4v) is 5.36. The molecule has 2 aliphatic rings. The Labute approximate surface area is 170 Å². The lowest BCUT2D eigenvalue weighted by Crippen LogP contribution is -2.63. The van der Waals surface area contributed by atoms with Crippen molar-refractivity contribution in [1.29, 1.82) is 0 Å². The number of fused-ring (bicyclic) bond motifs is 1. The fraction of sp³-hybridized carbons (Fsp3) is 0.857. The Morgan fingerprint density at radius 3 is 2.39 bits per heavy atom. The Bertz CT molecular complexity index is 635. The van der Waals surface area contributed by atoms with Crippen molar-refractivity contribution in [1.82, 2.24) is 0 Å². The molecule has 0 aliphatic heterocycles. The van der Waals surface area contributed by atoms with Crippen molar-refractivity contribution < 1.29 is 28.9 Å². The second-order valence-corrected chi connectivity index (χ2v) is 15.1. The zero-order valence-electron chi connectivity index (χ0n) is 18.7. The molecule has 1 saturated carbocycles. The zero-order valence-corrected chi connectivity index (χ0v) is 19.7. The molecule has 0 saturated heterocycles. The number of methoxy groups -OCH3 is 1. The molecule has 1 fully saturated rings. The average Bonchev–Trinajstić information content (AvgIpc) is 2.52. The van der Waals surface area contributed by atoms with Crippen LogP contribution in [0.5, 0.6) is 0 Å². The minimum absolute atomic E-state index is 0.0155. The number of ketones is 1. The van der Waals surface area contributed by atoms with E-state index in [1.54, 1.807) is 13.0 Å². The van der Waals surface area contributed by atoms with Gasteiger partial charge in [0.25, 0.3) is 0 Å². The van der Waals surface area contributed by atoms with Crippen molar-refractivity contribution in [3.8, 4) is 0 Å². The minimum atomic E-state index is -2.08. The van der Waals surface area contributed by atoms with Gasteiger partial charge in [-0.25, -0.2) is 0 Å². The van der Waals surface area contributed by atoms with E-state index in [2.05, 4.69) is 33.9 Å². The highest BCUT2D eigenvalue weighted by Crippen LogP contribution is 2.53. The third kappa shape index (κ3) is 4.15. The average molecular weight is 415 g/mol. The molecule has 0 radical (unpaired) electrons. The summed E-state index contributed by atoms with van der Waals surface area (Å²) in [5, 5.41) is 22.4. The number of rotatable bonds is 6. The molecule has 4 atom stereocenters. The molecule has 162 valence electrons. The maximum absolute atomic E-state index is 12.9. The van der Waals surface area contributed by atoms with Crippen LogP contribution in [0.1, 0.15) is 53.9 Å². The second kappa shape index (κ2) is 7.60. The van der Waals surface area contributed by atoms with Gasteiger partial charge in [0.1, 0.15) is 18.2 Å². The van der Waals surface area contributed by atoms with Crippen LogP contribution < -0.4 is 0 Å². The molecule has 0 amide bonds. The number of ether oxygens (including phenoxy) is 2. The van der Waals surface area contributed by atoms with Crippen LogP contribution in [0, 0.1) is 5.41 Å². The topological polar surface area (TPSA) is 85.2 Å². The molecule has 0 aromatic carbocycles. The van der Waals surface area contributed by atoms with Gasteiger partial charge in [0.15, 0.2) is 8.32 Å². The quantitative estimate of drug-likeness (QED) is 0.300. The second-order valence-electron chi connectivity index (χ2n) is 10.4. The molecule has 0 aromatic rings. The van der Waals surface area contributed by atoms with Crippen molar-refractivity contribution in [3.63, 3.8) is 0 Å². The maximum atomic E-state index is 12.9. The first-order valence-corrected chi connectivity index (χ1v) is 13.0. The zero-order chi connectivity index (χ0) is 21.6. The third-order valence-corrected chi connectivity index (χ3v) is 11.5. The molecule has 28 heavy (non-hydrogen) atoms. The Kier molecular flexibility index (Phi) is 6.43. The van der Waals surface area contributed by atoms with Crippen molar-refractivity contribution in [2.45, 2.75) is 89.3 Å². The number of carbonyl (C=O) groups is 1. The van der Waals surface area contributed by atoms with Gasteiger partial charge in [0, 0.05) is 13.5 Å². The van der Waals surface area contributed by atoms with E-state index >= 15 is 0 Å². The molecule has 7 heteroatoms. The molecule has 2 rings (SSSR count). The van der Waals surface area contributed by atoms with E-state index < -0.39 is 24.9 Å². The summed E-state index contributed by atoms with van der Waals surface area (Å²) in [6, 6.07) is 0. The minimum Gasteiger partial charge on any atom is -0.410 e. The summed E-state index contributed by atoms with van der Waals surface area (Å²) in [6.45, 7) is 14.3. The van der Waals surface area contributed by atoms with Crippen LogP contribution in [0.2, 0.25) is 18.1 Å². The number of carbonyl (C=O) groups excluding carboxylic acids is 1. The number of hydrogen-bond acceptors (Lipinski definition) is 6. The Balaban J connectivity index is 2.47. The molecular weight excluding hydrogens is 376 g/mol. The van der Waals surface area contributed by atoms with Gasteiger partial charge in [-0.2, -0.15) is 0 Å². The summed E-state index contributed by atoms with van der Waals surface area (Å²) in [5.41, 5.74) is -3.19. The predicted molar refractivity (Wildman–Crippen MR) is 111 cm³/mol. The summed E-state index contributed by atoms with van der Waals surface area (Å²) < 4.78 is 17.0. The molecule has 6 nitrogen and oxygen atoms in total. The SMILES string of the molecule is COCOCC1(O)C=C2[C@H](O[Si](C)(C)C(C)(C)C)CCC(=O)[C@@]2(C)CC1(C)O. The fourth-order valence-electron chi connectivity index (χ4n) is 4.05. The van der Waals surface area contributed by atoms with Gasteiger partial charge in [-0.05, 0) is 56.5 Å². The van der Waals surface area contributed by atoms with Gasteiger partial charge in [0.05, 0.1) is 23.7 Å². The normalized spacial score (nSPS) is 36.9. The van der Waals surface area contributed by atoms with Gasteiger partial charge in [-0.15, -0.1) is 0 Å².